The first-order valence-electron chi connectivity index (χ1n) is 5.21. The van der Waals surface area contributed by atoms with E-state index in [2.05, 4.69) is 0 Å². The summed E-state index contributed by atoms with van der Waals surface area (Å²) in [5.74, 6) is -1.02. The summed E-state index contributed by atoms with van der Waals surface area (Å²) in [6.07, 6.45) is 0. The van der Waals surface area contributed by atoms with Crippen LogP contribution in [0.1, 0.15) is 0 Å². The quantitative estimate of drug-likeness (QED) is 0.842. The van der Waals surface area contributed by atoms with Gasteiger partial charge < -0.3 is 10.0 Å². The topological polar surface area (TPSA) is 77.9 Å². The molecule has 0 unspecified atom stereocenters. The Labute approximate surface area is 106 Å². The number of benzene rings is 1. The maximum absolute atomic E-state index is 12.1. The minimum Gasteiger partial charge on any atom is -0.480 e. The van der Waals surface area contributed by atoms with Gasteiger partial charge in [0.25, 0.3) is 0 Å². The van der Waals surface area contributed by atoms with Gasteiger partial charge in [-0.05, 0) is 12.1 Å². The molecule has 0 saturated heterocycles. The molecule has 0 radical (unpaired) electrons. The van der Waals surface area contributed by atoms with Gasteiger partial charge in [0.05, 0.1) is 5.69 Å². The fourth-order valence-corrected chi connectivity index (χ4v) is 2.61. The maximum atomic E-state index is 12.1. The molecule has 1 aromatic carbocycles. The largest absolute Gasteiger partial charge is 0.480 e. The minimum atomic E-state index is -3.59. The fraction of sp³-hybridized carbons (Fsp3) is 0.364. The molecule has 0 amide bonds. The number of nitrogens with zero attached hydrogens (tertiary/aromatic N) is 2. The number of hydrogen-bond acceptors (Lipinski definition) is 4. The highest BCUT2D eigenvalue weighted by Gasteiger charge is 2.22. The molecule has 0 heterocycles. The van der Waals surface area contributed by atoms with Crippen molar-refractivity contribution in [3.05, 3.63) is 24.3 Å². The Kier molecular flexibility index (Phi) is 4.31. The summed E-state index contributed by atoms with van der Waals surface area (Å²) in [4.78, 5) is 12.2. The number of anilines is 1. The lowest BCUT2D eigenvalue weighted by molar-refractivity contribution is -0.135. The highest BCUT2D eigenvalue weighted by atomic mass is 32.2. The van der Waals surface area contributed by atoms with Crippen LogP contribution in [-0.4, -0.2) is 51.5 Å². The van der Waals surface area contributed by atoms with Gasteiger partial charge in [0.2, 0.25) is 10.0 Å². The number of hydrogen-bond donors (Lipinski definition) is 1. The second kappa shape index (κ2) is 5.36. The summed E-state index contributed by atoms with van der Waals surface area (Å²) in [7, 11) is 0.818. The SMILES string of the molecule is CN(CC(=O)O)c1ccccc1S(=O)(=O)N(C)C. The van der Waals surface area contributed by atoms with Crippen LogP contribution in [0.4, 0.5) is 5.69 Å². The standard InChI is InChI=1S/C11H16N2O4S/c1-12(2)18(16,17)10-7-5-4-6-9(10)13(3)8-11(14)15/h4-7H,8H2,1-3H3,(H,14,15). The van der Waals surface area contributed by atoms with Crippen LogP contribution in [0.25, 0.3) is 0 Å². The lowest BCUT2D eigenvalue weighted by Crippen LogP contribution is -2.29. The Morgan fingerprint density at radius 3 is 2.28 bits per heavy atom. The zero-order chi connectivity index (χ0) is 13.9. The van der Waals surface area contributed by atoms with Crippen molar-refractivity contribution >= 4 is 21.7 Å². The average Bonchev–Trinajstić information content (AvgIpc) is 2.27. The second-order valence-corrected chi connectivity index (χ2v) is 6.13. The highest BCUT2D eigenvalue weighted by Crippen LogP contribution is 2.25. The van der Waals surface area contributed by atoms with Crippen molar-refractivity contribution in [2.75, 3.05) is 32.6 Å². The van der Waals surface area contributed by atoms with Crippen LogP contribution in [0, 0.1) is 0 Å². The van der Waals surface area contributed by atoms with E-state index in [1.807, 2.05) is 0 Å². The molecule has 0 fully saturated rings. The van der Waals surface area contributed by atoms with E-state index in [-0.39, 0.29) is 11.4 Å². The highest BCUT2D eigenvalue weighted by molar-refractivity contribution is 7.89. The zero-order valence-corrected chi connectivity index (χ0v) is 11.3. The average molecular weight is 272 g/mol. The number of sulfonamides is 1. The van der Waals surface area contributed by atoms with Crippen LogP contribution in [0.15, 0.2) is 29.2 Å². The van der Waals surface area contributed by atoms with Crippen molar-refractivity contribution in [3.8, 4) is 0 Å². The molecular formula is C11H16N2O4S. The molecule has 1 N–H and O–H groups in total. The first kappa shape index (κ1) is 14.5. The number of carbonyl (C=O) groups is 1. The van der Waals surface area contributed by atoms with Crippen molar-refractivity contribution in [3.63, 3.8) is 0 Å². The predicted octanol–water partition coefficient (Wildman–Crippen LogP) is 0.458. The van der Waals surface area contributed by atoms with E-state index in [1.54, 1.807) is 18.2 Å². The number of rotatable bonds is 5. The van der Waals surface area contributed by atoms with Crippen LogP contribution in [0.5, 0.6) is 0 Å². The molecule has 1 rings (SSSR count). The van der Waals surface area contributed by atoms with Crippen LogP contribution in [0.3, 0.4) is 0 Å². The van der Waals surface area contributed by atoms with Crippen LogP contribution in [0.2, 0.25) is 0 Å². The van der Waals surface area contributed by atoms with Gasteiger partial charge in [-0.25, -0.2) is 12.7 Å². The van der Waals surface area contributed by atoms with Crippen molar-refractivity contribution in [1.82, 2.24) is 4.31 Å². The van der Waals surface area contributed by atoms with E-state index >= 15 is 0 Å². The fourth-order valence-electron chi connectivity index (χ4n) is 1.48. The van der Waals surface area contributed by atoms with Crippen LogP contribution in [-0.2, 0) is 14.8 Å². The van der Waals surface area contributed by atoms with Crippen LogP contribution >= 0.6 is 0 Å². The van der Waals surface area contributed by atoms with Crippen molar-refractivity contribution < 1.29 is 18.3 Å². The Morgan fingerprint density at radius 1 is 1.22 bits per heavy atom. The van der Waals surface area contributed by atoms with E-state index in [4.69, 9.17) is 5.11 Å². The third-order valence-corrected chi connectivity index (χ3v) is 4.27. The van der Waals surface area contributed by atoms with E-state index in [1.165, 1.54) is 32.1 Å². The molecule has 0 spiro atoms. The molecule has 0 saturated carbocycles. The summed E-state index contributed by atoms with van der Waals surface area (Å²) >= 11 is 0. The molecule has 18 heavy (non-hydrogen) atoms. The summed E-state index contributed by atoms with van der Waals surface area (Å²) in [6.45, 7) is -0.264. The summed E-state index contributed by atoms with van der Waals surface area (Å²) in [5.41, 5.74) is 0.369. The molecule has 1 aromatic rings. The van der Waals surface area contributed by atoms with Gasteiger partial charge >= 0.3 is 5.97 Å². The van der Waals surface area contributed by atoms with E-state index < -0.39 is 16.0 Å². The minimum absolute atomic E-state index is 0.0961. The summed E-state index contributed by atoms with van der Waals surface area (Å²) in [5, 5.41) is 8.75. The van der Waals surface area contributed by atoms with Gasteiger partial charge in [-0.1, -0.05) is 12.1 Å². The Balaban J connectivity index is 3.27. The lowest BCUT2D eigenvalue weighted by atomic mass is 10.3. The normalized spacial score (nSPS) is 11.6. The molecule has 0 atom stereocenters. The first-order chi connectivity index (χ1) is 8.26. The van der Waals surface area contributed by atoms with E-state index in [9.17, 15) is 13.2 Å². The molecule has 100 valence electrons. The number of aliphatic carboxylic acids is 1. The third-order valence-electron chi connectivity index (χ3n) is 2.41. The van der Waals surface area contributed by atoms with Gasteiger partial charge in [0.15, 0.2) is 0 Å². The Bertz CT molecular complexity index is 540. The third kappa shape index (κ3) is 2.99. The first-order valence-corrected chi connectivity index (χ1v) is 6.65. The molecular weight excluding hydrogens is 256 g/mol. The Hall–Kier alpha value is -1.60. The van der Waals surface area contributed by atoms with Gasteiger partial charge in [-0.15, -0.1) is 0 Å². The number of para-hydroxylation sites is 1. The monoisotopic (exact) mass is 272 g/mol. The van der Waals surface area contributed by atoms with Gasteiger partial charge in [-0.3, -0.25) is 4.79 Å². The smallest absolute Gasteiger partial charge is 0.323 e. The predicted molar refractivity (Wildman–Crippen MR) is 68.2 cm³/mol. The Morgan fingerprint density at radius 2 is 1.78 bits per heavy atom. The molecule has 7 heteroatoms. The van der Waals surface area contributed by atoms with Crippen LogP contribution < -0.4 is 4.90 Å². The van der Waals surface area contributed by atoms with E-state index in [0.29, 0.717) is 5.69 Å². The molecule has 0 aliphatic carbocycles. The van der Waals surface area contributed by atoms with Gasteiger partial charge in [0.1, 0.15) is 11.4 Å². The molecule has 0 bridgehead atoms. The van der Waals surface area contributed by atoms with Crippen molar-refractivity contribution in [1.29, 1.82) is 0 Å². The van der Waals surface area contributed by atoms with Crippen molar-refractivity contribution in [2.45, 2.75) is 4.90 Å². The van der Waals surface area contributed by atoms with Gasteiger partial charge in [-0.2, -0.15) is 0 Å². The second-order valence-electron chi connectivity index (χ2n) is 4.00. The lowest BCUT2D eigenvalue weighted by Gasteiger charge is -2.22. The molecule has 0 aliphatic rings. The summed E-state index contributed by atoms with van der Waals surface area (Å²) < 4.78 is 25.3. The summed E-state index contributed by atoms with van der Waals surface area (Å²) in [6, 6.07) is 6.32. The number of likely N-dealkylation sites (N-methyl/N-ethyl adjacent to an activating group) is 1. The van der Waals surface area contributed by atoms with Crippen molar-refractivity contribution in [2.24, 2.45) is 0 Å². The zero-order valence-electron chi connectivity index (χ0n) is 10.5. The molecule has 0 aliphatic heterocycles. The maximum Gasteiger partial charge on any atom is 0.323 e. The van der Waals surface area contributed by atoms with Gasteiger partial charge in [0, 0.05) is 21.1 Å². The molecule has 6 nitrogen and oxygen atoms in total. The number of carboxylic acid groups (broad SMARTS) is 1. The number of carboxylic acids is 1. The molecule has 0 aromatic heterocycles. The van der Waals surface area contributed by atoms with E-state index in [0.717, 1.165) is 4.31 Å².